The summed E-state index contributed by atoms with van der Waals surface area (Å²) in [6, 6.07) is 4.15. The molecule has 0 saturated carbocycles. The minimum atomic E-state index is -0.746. The van der Waals surface area contributed by atoms with Crippen molar-refractivity contribution in [3.8, 4) is 0 Å². The average molecular weight is 221 g/mol. The Morgan fingerprint density at radius 3 is 2.44 bits per heavy atom. The number of rotatable bonds is 4. The highest BCUT2D eigenvalue weighted by Gasteiger charge is 2.07. The van der Waals surface area contributed by atoms with E-state index in [-0.39, 0.29) is 6.42 Å². The maximum atomic E-state index is 10.5. The highest BCUT2D eigenvalue weighted by molar-refractivity contribution is 5.67. The molecule has 0 atom stereocenters. The Morgan fingerprint density at radius 2 is 1.94 bits per heavy atom. The molecular formula is C13H19NO2. The molecule has 0 fully saturated rings. The second-order valence-corrected chi connectivity index (χ2v) is 4.35. The van der Waals surface area contributed by atoms with E-state index < -0.39 is 5.97 Å². The third kappa shape index (κ3) is 2.99. The van der Waals surface area contributed by atoms with Crippen molar-refractivity contribution in [3.63, 3.8) is 0 Å². The van der Waals surface area contributed by atoms with Gasteiger partial charge in [0.05, 0.1) is 0 Å². The topological polar surface area (TPSA) is 40.5 Å². The van der Waals surface area contributed by atoms with Crippen LogP contribution in [0.25, 0.3) is 0 Å². The molecule has 0 unspecified atom stereocenters. The second-order valence-electron chi connectivity index (χ2n) is 4.35. The van der Waals surface area contributed by atoms with Gasteiger partial charge >= 0.3 is 5.97 Å². The minimum Gasteiger partial charge on any atom is -0.481 e. The summed E-state index contributed by atoms with van der Waals surface area (Å²) in [5.41, 5.74) is 4.73. The molecule has 1 N–H and O–H groups in total. The van der Waals surface area contributed by atoms with Gasteiger partial charge in [-0.05, 0) is 43.0 Å². The van der Waals surface area contributed by atoms with Gasteiger partial charge in [-0.3, -0.25) is 4.79 Å². The molecule has 0 aliphatic heterocycles. The molecule has 0 amide bonds. The van der Waals surface area contributed by atoms with Crippen LogP contribution in [0, 0.1) is 13.8 Å². The Balaban J connectivity index is 2.99. The van der Waals surface area contributed by atoms with Crippen LogP contribution in [0.3, 0.4) is 0 Å². The normalized spacial score (nSPS) is 10.2. The summed E-state index contributed by atoms with van der Waals surface area (Å²) >= 11 is 0. The number of nitrogens with zero attached hydrogens (tertiary/aromatic N) is 1. The third-order valence-electron chi connectivity index (χ3n) is 2.81. The number of aliphatic carboxylic acids is 1. The van der Waals surface area contributed by atoms with E-state index in [9.17, 15) is 4.79 Å². The van der Waals surface area contributed by atoms with Crippen molar-refractivity contribution in [3.05, 3.63) is 28.8 Å². The first-order valence-corrected chi connectivity index (χ1v) is 5.41. The molecule has 0 bridgehead atoms. The fourth-order valence-electron chi connectivity index (χ4n) is 1.77. The molecule has 0 aliphatic rings. The first kappa shape index (κ1) is 12.6. The van der Waals surface area contributed by atoms with E-state index in [4.69, 9.17) is 5.11 Å². The van der Waals surface area contributed by atoms with E-state index in [2.05, 4.69) is 30.9 Å². The largest absolute Gasteiger partial charge is 0.481 e. The molecule has 88 valence electrons. The Morgan fingerprint density at radius 1 is 1.31 bits per heavy atom. The first-order chi connectivity index (χ1) is 7.41. The lowest BCUT2D eigenvalue weighted by atomic mass is 10.0. The van der Waals surface area contributed by atoms with Crippen LogP contribution in [0.15, 0.2) is 12.1 Å². The van der Waals surface area contributed by atoms with Gasteiger partial charge in [0.15, 0.2) is 0 Å². The molecule has 0 aliphatic carbocycles. The van der Waals surface area contributed by atoms with Gasteiger partial charge in [-0.25, -0.2) is 0 Å². The molecule has 0 heterocycles. The lowest BCUT2D eigenvalue weighted by Gasteiger charge is -2.18. The summed E-state index contributed by atoms with van der Waals surface area (Å²) in [6.45, 7) is 4.15. The maximum Gasteiger partial charge on any atom is 0.303 e. The average Bonchev–Trinajstić information content (AvgIpc) is 2.19. The third-order valence-corrected chi connectivity index (χ3v) is 2.81. The van der Waals surface area contributed by atoms with Gasteiger partial charge in [0.2, 0.25) is 0 Å². The quantitative estimate of drug-likeness (QED) is 0.848. The van der Waals surface area contributed by atoms with Crippen molar-refractivity contribution in [2.45, 2.75) is 26.7 Å². The molecular weight excluding hydrogens is 202 g/mol. The van der Waals surface area contributed by atoms with Crippen molar-refractivity contribution < 1.29 is 9.90 Å². The molecule has 3 heteroatoms. The predicted molar refractivity (Wildman–Crippen MR) is 66.2 cm³/mol. The number of hydrogen-bond acceptors (Lipinski definition) is 2. The number of carbonyl (C=O) groups is 1. The van der Waals surface area contributed by atoms with Crippen LogP contribution in [-0.2, 0) is 11.2 Å². The van der Waals surface area contributed by atoms with Crippen molar-refractivity contribution in [2.24, 2.45) is 0 Å². The van der Waals surface area contributed by atoms with Crippen LogP contribution in [0.1, 0.15) is 23.1 Å². The monoisotopic (exact) mass is 221 g/mol. The number of benzene rings is 1. The van der Waals surface area contributed by atoms with Gasteiger partial charge in [-0.2, -0.15) is 0 Å². The summed E-state index contributed by atoms with van der Waals surface area (Å²) in [5, 5.41) is 8.67. The standard InChI is InChI=1S/C13H19NO2/c1-9-7-11(5-6-13(15)16)8-12(10(9)2)14(3)4/h7-8H,5-6H2,1-4H3,(H,15,16). The smallest absolute Gasteiger partial charge is 0.303 e. The summed E-state index contributed by atoms with van der Waals surface area (Å²) in [7, 11) is 4.01. The number of carboxylic acid groups (broad SMARTS) is 1. The lowest BCUT2D eigenvalue weighted by Crippen LogP contribution is -2.11. The fraction of sp³-hybridized carbons (Fsp3) is 0.462. The van der Waals surface area contributed by atoms with Crippen molar-refractivity contribution >= 4 is 11.7 Å². The Bertz CT molecular complexity index is 397. The molecule has 0 radical (unpaired) electrons. The number of aryl methyl sites for hydroxylation is 2. The Kier molecular flexibility index (Phi) is 3.93. The van der Waals surface area contributed by atoms with Crippen LogP contribution in [0.2, 0.25) is 0 Å². The summed E-state index contributed by atoms with van der Waals surface area (Å²) < 4.78 is 0. The summed E-state index contributed by atoms with van der Waals surface area (Å²) in [5.74, 6) is -0.746. The minimum absolute atomic E-state index is 0.190. The summed E-state index contributed by atoms with van der Waals surface area (Å²) in [6.07, 6.45) is 0.784. The van der Waals surface area contributed by atoms with Gasteiger partial charge in [0, 0.05) is 26.2 Å². The second kappa shape index (κ2) is 5.01. The zero-order valence-corrected chi connectivity index (χ0v) is 10.4. The molecule has 3 nitrogen and oxygen atoms in total. The highest BCUT2D eigenvalue weighted by Crippen LogP contribution is 2.24. The maximum absolute atomic E-state index is 10.5. The van der Waals surface area contributed by atoms with Crippen molar-refractivity contribution in [1.29, 1.82) is 0 Å². The Hall–Kier alpha value is -1.51. The van der Waals surface area contributed by atoms with Crippen molar-refractivity contribution in [2.75, 3.05) is 19.0 Å². The number of hydrogen-bond donors (Lipinski definition) is 1. The van der Waals surface area contributed by atoms with Crippen LogP contribution in [0.5, 0.6) is 0 Å². The molecule has 0 spiro atoms. The number of anilines is 1. The predicted octanol–water partition coefficient (Wildman–Crippen LogP) is 2.39. The van der Waals surface area contributed by atoms with Crippen LogP contribution in [0.4, 0.5) is 5.69 Å². The van der Waals surface area contributed by atoms with Crippen LogP contribution >= 0.6 is 0 Å². The van der Waals surface area contributed by atoms with E-state index in [1.165, 1.54) is 16.8 Å². The van der Waals surface area contributed by atoms with Gasteiger partial charge in [0.25, 0.3) is 0 Å². The van der Waals surface area contributed by atoms with E-state index in [0.29, 0.717) is 6.42 Å². The van der Waals surface area contributed by atoms with E-state index in [1.54, 1.807) is 0 Å². The van der Waals surface area contributed by atoms with E-state index in [0.717, 1.165) is 5.56 Å². The first-order valence-electron chi connectivity index (χ1n) is 5.41. The van der Waals surface area contributed by atoms with Crippen LogP contribution < -0.4 is 4.90 Å². The Labute approximate surface area is 96.7 Å². The van der Waals surface area contributed by atoms with Gasteiger partial charge in [0.1, 0.15) is 0 Å². The fourth-order valence-corrected chi connectivity index (χ4v) is 1.77. The molecule has 0 aromatic heterocycles. The van der Waals surface area contributed by atoms with Gasteiger partial charge < -0.3 is 10.0 Å². The molecule has 1 aromatic rings. The molecule has 16 heavy (non-hydrogen) atoms. The van der Waals surface area contributed by atoms with Gasteiger partial charge in [-0.15, -0.1) is 0 Å². The zero-order chi connectivity index (χ0) is 12.3. The summed E-state index contributed by atoms with van der Waals surface area (Å²) in [4.78, 5) is 12.6. The molecule has 1 rings (SSSR count). The van der Waals surface area contributed by atoms with E-state index >= 15 is 0 Å². The zero-order valence-electron chi connectivity index (χ0n) is 10.4. The number of carboxylic acids is 1. The highest BCUT2D eigenvalue weighted by atomic mass is 16.4. The molecule has 1 aromatic carbocycles. The van der Waals surface area contributed by atoms with E-state index in [1.807, 2.05) is 14.1 Å². The van der Waals surface area contributed by atoms with Crippen LogP contribution in [-0.4, -0.2) is 25.2 Å². The van der Waals surface area contributed by atoms with Gasteiger partial charge in [-0.1, -0.05) is 6.07 Å². The SMILES string of the molecule is Cc1cc(CCC(=O)O)cc(N(C)C)c1C. The lowest BCUT2D eigenvalue weighted by molar-refractivity contribution is -0.136. The van der Waals surface area contributed by atoms with Crippen molar-refractivity contribution in [1.82, 2.24) is 0 Å². The molecule has 0 saturated heterocycles.